The molecule has 0 saturated carbocycles. The summed E-state index contributed by atoms with van der Waals surface area (Å²) in [5.74, 6) is 0.365. The Labute approximate surface area is 141 Å². The SMILES string of the molecule is Cc1ccc(S(=O)(=O)Nc2cc(C)nn2C2CCS(=O)(=O)C2)cc1. The predicted molar refractivity (Wildman–Crippen MR) is 91.3 cm³/mol. The highest BCUT2D eigenvalue weighted by Gasteiger charge is 2.32. The summed E-state index contributed by atoms with van der Waals surface area (Å²) >= 11 is 0. The van der Waals surface area contributed by atoms with Gasteiger partial charge in [-0.1, -0.05) is 17.7 Å². The fraction of sp³-hybridized carbons (Fsp3) is 0.400. The number of aromatic nitrogens is 2. The number of hydrogen-bond donors (Lipinski definition) is 1. The molecule has 9 heteroatoms. The lowest BCUT2D eigenvalue weighted by molar-refractivity contribution is 0.503. The Morgan fingerprint density at radius 2 is 1.88 bits per heavy atom. The Hall–Kier alpha value is -1.87. The van der Waals surface area contributed by atoms with Crippen LogP contribution in [0.5, 0.6) is 0 Å². The van der Waals surface area contributed by atoms with Gasteiger partial charge in [-0.25, -0.2) is 21.5 Å². The van der Waals surface area contributed by atoms with E-state index in [0.717, 1.165) is 5.56 Å². The van der Waals surface area contributed by atoms with Gasteiger partial charge in [0.25, 0.3) is 10.0 Å². The molecule has 0 amide bonds. The van der Waals surface area contributed by atoms with Crippen molar-refractivity contribution >= 4 is 25.7 Å². The molecule has 0 aliphatic carbocycles. The summed E-state index contributed by atoms with van der Waals surface area (Å²) in [7, 11) is -6.85. The molecule has 0 radical (unpaired) electrons. The van der Waals surface area contributed by atoms with Crippen LogP contribution in [0.1, 0.15) is 23.7 Å². The number of aryl methyl sites for hydroxylation is 2. The summed E-state index contributed by atoms with van der Waals surface area (Å²) in [5.41, 5.74) is 1.59. The van der Waals surface area contributed by atoms with E-state index < -0.39 is 19.9 Å². The number of hydrogen-bond acceptors (Lipinski definition) is 5. The maximum atomic E-state index is 12.5. The minimum absolute atomic E-state index is 0.0205. The van der Waals surface area contributed by atoms with Gasteiger partial charge in [0.15, 0.2) is 9.84 Å². The van der Waals surface area contributed by atoms with E-state index in [2.05, 4.69) is 9.82 Å². The Morgan fingerprint density at radius 1 is 1.21 bits per heavy atom. The zero-order chi connectivity index (χ0) is 17.5. The monoisotopic (exact) mass is 369 g/mol. The first-order valence-electron chi connectivity index (χ1n) is 7.52. The molecule has 1 aliphatic heterocycles. The molecule has 24 heavy (non-hydrogen) atoms. The van der Waals surface area contributed by atoms with Crippen LogP contribution >= 0.6 is 0 Å². The van der Waals surface area contributed by atoms with Crippen molar-refractivity contribution < 1.29 is 16.8 Å². The van der Waals surface area contributed by atoms with Crippen LogP contribution < -0.4 is 4.72 Å². The Morgan fingerprint density at radius 3 is 2.46 bits per heavy atom. The van der Waals surface area contributed by atoms with Gasteiger partial charge in [0, 0.05) is 6.07 Å². The average Bonchev–Trinajstić information content (AvgIpc) is 3.01. The van der Waals surface area contributed by atoms with Gasteiger partial charge < -0.3 is 0 Å². The molecule has 1 aromatic carbocycles. The second kappa shape index (κ2) is 5.89. The predicted octanol–water partition coefficient (Wildman–Crippen LogP) is 1.66. The van der Waals surface area contributed by atoms with Gasteiger partial charge in [0.05, 0.1) is 28.1 Å². The molecule has 1 unspecified atom stereocenters. The lowest BCUT2D eigenvalue weighted by atomic mass is 10.2. The van der Waals surface area contributed by atoms with E-state index in [9.17, 15) is 16.8 Å². The normalized spacial score (nSPS) is 20.2. The zero-order valence-corrected chi connectivity index (χ0v) is 15.1. The standard InChI is InChI=1S/C15H19N3O4S2/c1-11-3-5-14(6-4-11)24(21,22)17-15-9-12(2)16-18(15)13-7-8-23(19,20)10-13/h3-6,9,13,17H,7-8,10H2,1-2H3. The van der Waals surface area contributed by atoms with Crippen molar-refractivity contribution in [1.29, 1.82) is 0 Å². The third-order valence-electron chi connectivity index (χ3n) is 3.98. The summed E-state index contributed by atoms with van der Waals surface area (Å²) in [5, 5.41) is 4.28. The molecular weight excluding hydrogens is 350 g/mol. The van der Waals surface area contributed by atoms with E-state index in [-0.39, 0.29) is 28.3 Å². The zero-order valence-electron chi connectivity index (χ0n) is 13.4. The molecule has 0 spiro atoms. The third-order valence-corrected chi connectivity index (χ3v) is 7.10. The highest BCUT2D eigenvalue weighted by Crippen LogP contribution is 2.28. The first-order chi connectivity index (χ1) is 11.2. The van der Waals surface area contributed by atoms with Crippen LogP contribution in [0.25, 0.3) is 0 Å². The van der Waals surface area contributed by atoms with Crippen molar-refractivity contribution in [2.45, 2.75) is 31.2 Å². The van der Waals surface area contributed by atoms with Gasteiger partial charge in [0.2, 0.25) is 0 Å². The first-order valence-corrected chi connectivity index (χ1v) is 10.8. The molecule has 130 valence electrons. The first kappa shape index (κ1) is 17.0. The minimum Gasteiger partial charge on any atom is -0.264 e. The smallest absolute Gasteiger partial charge is 0.263 e. The average molecular weight is 369 g/mol. The van der Waals surface area contributed by atoms with E-state index in [4.69, 9.17) is 0 Å². The van der Waals surface area contributed by atoms with E-state index in [1.807, 2.05) is 6.92 Å². The fourth-order valence-electron chi connectivity index (χ4n) is 2.75. The molecule has 1 aliphatic rings. The quantitative estimate of drug-likeness (QED) is 0.884. The molecule has 1 fully saturated rings. The second-order valence-corrected chi connectivity index (χ2v) is 10.0. The lowest BCUT2D eigenvalue weighted by Crippen LogP contribution is -2.20. The Bertz CT molecular complexity index is 961. The van der Waals surface area contributed by atoms with Crippen molar-refractivity contribution in [1.82, 2.24) is 9.78 Å². The van der Waals surface area contributed by atoms with Crippen LogP contribution in [0.15, 0.2) is 35.2 Å². The van der Waals surface area contributed by atoms with Crippen LogP contribution in [0.3, 0.4) is 0 Å². The summed E-state index contributed by atoms with van der Waals surface area (Å²) in [4.78, 5) is 0.151. The lowest BCUT2D eigenvalue weighted by Gasteiger charge is -2.14. The molecule has 2 aromatic rings. The maximum Gasteiger partial charge on any atom is 0.263 e. The summed E-state index contributed by atoms with van der Waals surface area (Å²) in [6.45, 7) is 3.62. The van der Waals surface area contributed by atoms with Gasteiger partial charge >= 0.3 is 0 Å². The molecule has 1 saturated heterocycles. The van der Waals surface area contributed by atoms with Crippen molar-refractivity contribution in [3.05, 3.63) is 41.6 Å². The summed E-state index contributed by atoms with van der Waals surface area (Å²) in [6, 6.07) is 7.77. The van der Waals surface area contributed by atoms with Crippen LogP contribution in [-0.4, -0.2) is 38.1 Å². The van der Waals surface area contributed by atoms with Gasteiger partial charge in [-0.2, -0.15) is 5.10 Å². The van der Waals surface area contributed by atoms with Gasteiger partial charge in [-0.15, -0.1) is 0 Å². The number of anilines is 1. The Kier molecular flexibility index (Phi) is 4.16. The highest BCUT2D eigenvalue weighted by molar-refractivity contribution is 7.92. The highest BCUT2D eigenvalue weighted by atomic mass is 32.2. The topological polar surface area (TPSA) is 98.1 Å². The largest absolute Gasteiger partial charge is 0.264 e. The van der Waals surface area contributed by atoms with Crippen molar-refractivity contribution in [2.75, 3.05) is 16.2 Å². The summed E-state index contributed by atoms with van der Waals surface area (Å²) < 4.78 is 52.5. The van der Waals surface area contributed by atoms with Crippen LogP contribution in [-0.2, 0) is 19.9 Å². The van der Waals surface area contributed by atoms with Crippen molar-refractivity contribution in [2.24, 2.45) is 0 Å². The number of benzene rings is 1. The maximum absolute atomic E-state index is 12.5. The minimum atomic E-state index is -3.76. The number of sulfone groups is 1. The number of nitrogens with one attached hydrogen (secondary N) is 1. The molecule has 1 N–H and O–H groups in total. The van der Waals surface area contributed by atoms with Gasteiger partial charge in [-0.3, -0.25) is 4.72 Å². The van der Waals surface area contributed by atoms with Crippen molar-refractivity contribution in [3.63, 3.8) is 0 Å². The van der Waals surface area contributed by atoms with Crippen LogP contribution in [0, 0.1) is 13.8 Å². The fourth-order valence-corrected chi connectivity index (χ4v) is 5.49. The molecule has 3 rings (SSSR count). The third kappa shape index (κ3) is 3.46. The van der Waals surface area contributed by atoms with Gasteiger partial charge in [0.1, 0.15) is 5.82 Å². The molecule has 2 heterocycles. The van der Waals surface area contributed by atoms with Crippen LogP contribution in [0.4, 0.5) is 5.82 Å². The van der Waals surface area contributed by atoms with Crippen molar-refractivity contribution in [3.8, 4) is 0 Å². The molecule has 1 atom stereocenters. The van der Waals surface area contributed by atoms with E-state index in [0.29, 0.717) is 12.1 Å². The molecule has 7 nitrogen and oxygen atoms in total. The van der Waals surface area contributed by atoms with Gasteiger partial charge in [-0.05, 0) is 32.4 Å². The molecular formula is C15H19N3O4S2. The second-order valence-electron chi connectivity index (χ2n) is 6.09. The van der Waals surface area contributed by atoms with Crippen LogP contribution in [0.2, 0.25) is 0 Å². The van der Waals surface area contributed by atoms with E-state index in [1.54, 1.807) is 25.1 Å². The number of nitrogens with zero attached hydrogens (tertiary/aromatic N) is 2. The summed E-state index contributed by atoms with van der Waals surface area (Å²) in [6.07, 6.45) is 0.433. The van der Waals surface area contributed by atoms with E-state index in [1.165, 1.54) is 16.8 Å². The Balaban J connectivity index is 1.92. The number of rotatable bonds is 4. The molecule has 1 aromatic heterocycles. The van der Waals surface area contributed by atoms with E-state index >= 15 is 0 Å². The number of sulfonamides is 1. The molecule has 0 bridgehead atoms.